The molecule has 0 unspecified atom stereocenters. The van der Waals surface area contributed by atoms with Crippen LogP contribution in [0.25, 0.3) is 6.08 Å². The molecule has 0 saturated carbocycles. The summed E-state index contributed by atoms with van der Waals surface area (Å²) >= 11 is 0.903. The molecule has 31 heavy (non-hydrogen) atoms. The number of nitro groups is 1. The third-order valence-corrected chi connectivity index (χ3v) is 6.71. The maximum atomic E-state index is 12.6. The highest BCUT2D eigenvalue weighted by Crippen LogP contribution is 2.34. The molecule has 1 aliphatic heterocycles. The van der Waals surface area contributed by atoms with Crippen LogP contribution < -0.4 is 9.47 Å². The highest BCUT2D eigenvalue weighted by molar-refractivity contribution is 8.19. The van der Waals surface area contributed by atoms with Crippen molar-refractivity contribution >= 4 is 44.6 Å². The molecule has 0 aliphatic carbocycles. The number of non-ortho nitro benzene ring substituents is 1. The normalized spacial score (nSPS) is 16.7. The predicted molar refractivity (Wildman–Crippen MR) is 116 cm³/mol. The zero-order valence-corrected chi connectivity index (χ0v) is 18.3. The summed E-state index contributed by atoms with van der Waals surface area (Å²) in [6.45, 7) is 0. The van der Waals surface area contributed by atoms with Crippen LogP contribution in [0.2, 0.25) is 0 Å². The lowest BCUT2D eigenvalue weighted by atomic mass is 10.2. The number of carbonyl (C=O) groups is 1. The Morgan fingerprint density at radius 3 is 2.32 bits per heavy atom. The Labute approximate surface area is 182 Å². The SMILES string of the molecule is COc1ccc(C=C2SC(=NS(=O)(=O)c3ccc([N+](=O)[O-])cc3)N(C)C2=O)cc1OC. The van der Waals surface area contributed by atoms with E-state index in [1.807, 2.05) is 0 Å². The molecular formula is C19H17N3O7S2. The molecule has 0 atom stereocenters. The largest absolute Gasteiger partial charge is 0.493 e. The van der Waals surface area contributed by atoms with E-state index in [-0.39, 0.29) is 20.7 Å². The summed E-state index contributed by atoms with van der Waals surface area (Å²) in [5.41, 5.74) is 0.413. The van der Waals surface area contributed by atoms with Crippen LogP contribution in [-0.4, -0.2) is 50.6 Å². The highest BCUT2D eigenvalue weighted by Gasteiger charge is 2.32. The van der Waals surface area contributed by atoms with Crippen molar-refractivity contribution in [1.82, 2.24) is 4.90 Å². The number of nitrogens with zero attached hydrogens (tertiary/aromatic N) is 3. The number of ether oxygens (including phenoxy) is 2. The maximum absolute atomic E-state index is 12.6. The fourth-order valence-corrected chi connectivity index (χ4v) is 4.82. The highest BCUT2D eigenvalue weighted by atomic mass is 32.2. The molecule has 0 spiro atoms. The van der Waals surface area contributed by atoms with Gasteiger partial charge in [0.1, 0.15) is 0 Å². The Balaban J connectivity index is 1.90. The van der Waals surface area contributed by atoms with E-state index in [9.17, 15) is 23.3 Å². The number of thioether (sulfide) groups is 1. The monoisotopic (exact) mass is 463 g/mol. The number of hydrogen-bond acceptors (Lipinski definition) is 8. The van der Waals surface area contributed by atoms with E-state index in [0.29, 0.717) is 17.1 Å². The van der Waals surface area contributed by atoms with E-state index in [4.69, 9.17) is 9.47 Å². The topological polar surface area (TPSA) is 128 Å². The van der Waals surface area contributed by atoms with Crippen molar-refractivity contribution in [2.45, 2.75) is 4.90 Å². The van der Waals surface area contributed by atoms with Gasteiger partial charge in [0.25, 0.3) is 21.6 Å². The molecule has 3 rings (SSSR count). The lowest BCUT2D eigenvalue weighted by Gasteiger charge is -2.08. The molecule has 1 aliphatic rings. The minimum atomic E-state index is -4.17. The second-order valence-corrected chi connectivity index (χ2v) is 8.80. The molecule has 1 amide bonds. The Kier molecular flexibility index (Phi) is 6.32. The molecule has 162 valence electrons. The number of amides is 1. The zero-order valence-electron chi connectivity index (χ0n) is 16.6. The van der Waals surface area contributed by atoms with Crippen molar-refractivity contribution in [3.63, 3.8) is 0 Å². The molecule has 0 bridgehead atoms. The van der Waals surface area contributed by atoms with Gasteiger partial charge in [0.2, 0.25) is 0 Å². The average molecular weight is 463 g/mol. The molecule has 0 radical (unpaired) electrons. The lowest BCUT2D eigenvalue weighted by molar-refractivity contribution is -0.384. The number of rotatable bonds is 6. The van der Waals surface area contributed by atoms with Crippen molar-refractivity contribution in [1.29, 1.82) is 0 Å². The van der Waals surface area contributed by atoms with E-state index >= 15 is 0 Å². The summed E-state index contributed by atoms with van der Waals surface area (Å²) < 4.78 is 39.3. The first-order valence-corrected chi connectivity index (χ1v) is 10.9. The second-order valence-electron chi connectivity index (χ2n) is 6.19. The number of hydrogen-bond donors (Lipinski definition) is 0. The van der Waals surface area contributed by atoms with Gasteiger partial charge >= 0.3 is 0 Å². The van der Waals surface area contributed by atoms with E-state index in [0.717, 1.165) is 40.9 Å². The van der Waals surface area contributed by atoms with Crippen molar-refractivity contribution < 1.29 is 27.6 Å². The van der Waals surface area contributed by atoms with Crippen molar-refractivity contribution in [3.8, 4) is 11.5 Å². The van der Waals surface area contributed by atoms with Crippen molar-refractivity contribution in [3.05, 3.63) is 63.0 Å². The first-order valence-electron chi connectivity index (χ1n) is 8.65. The smallest absolute Gasteiger partial charge is 0.284 e. The minimum absolute atomic E-state index is 0.0323. The Hall–Kier alpha value is -3.38. The Bertz CT molecular complexity index is 1210. The fourth-order valence-electron chi connectivity index (χ4n) is 2.62. The molecular weight excluding hydrogens is 446 g/mol. The number of nitro benzene ring substituents is 1. The number of methoxy groups -OCH3 is 2. The van der Waals surface area contributed by atoms with Crippen LogP contribution >= 0.6 is 11.8 Å². The Morgan fingerprint density at radius 1 is 1.10 bits per heavy atom. The summed E-state index contributed by atoms with van der Waals surface area (Å²) in [7, 11) is 0.241. The van der Waals surface area contributed by atoms with E-state index in [1.165, 1.54) is 21.3 Å². The number of sulfonamides is 1. The number of likely N-dealkylation sites (N-methyl/N-ethyl adjacent to an activating group) is 1. The van der Waals surface area contributed by atoms with Crippen molar-refractivity contribution in [2.75, 3.05) is 21.3 Å². The fraction of sp³-hybridized carbons (Fsp3) is 0.158. The van der Waals surface area contributed by atoms with Crippen molar-refractivity contribution in [2.24, 2.45) is 4.40 Å². The summed E-state index contributed by atoms with van der Waals surface area (Å²) in [5, 5.41) is 10.7. The number of benzene rings is 2. The third-order valence-electron chi connectivity index (χ3n) is 4.25. The van der Waals surface area contributed by atoms with Crippen LogP contribution in [-0.2, 0) is 14.8 Å². The summed E-state index contributed by atoms with van der Waals surface area (Å²) in [5.74, 6) is 0.594. The molecule has 0 N–H and O–H groups in total. The second kappa shape index (κ2) is 8.78. The van der Waals surface area contributed by atoms with Gasteiger partial charge in [-0.15, -0.1) is 4.40 Å². The number of amidine groups is 1. The van der Waals surface area contributed by atoms with Gasteiger partial charge < -0.3 is 9.47 Å². The molecule has 2 aromatic carbocycles. The van der Waals surface area contributed by atoms with Gasteiger partial charge in [-0.05, 0) is 47.7 Å². The standard InChI is InChI=1S/C19H17N3O7S2/c1-21-18(23)17(11-12-4-9-15(28-2)16(10-12)29-3)30-19(21)20-31(26,27)14-7-5-13(6-8-14)22(24)25/h4-11H,1-3H3. The summed E-state index contributed by atoms with van der Waals surface area (Å²) in [4.78, 5) is 23.9. The summed E-state index contributed by atoms with van der Waals surface area (Å²) in [6.07, 6.45) is 1.59. The van der Waals surface area contributed by atoms with Crippen LogP contribution in [0.15, 0.2) is 56.7 Å². The molecule has 1 heterocycles. The molecule has 10 nitrogen and oxygen atoms in total. The quantitative estimate of drug-likeness (QED) is 0.363. The first kappa shape index (κ1) is 22.3. The Morgan fingerprint density at radius 2 is 1.74 bits per heavy atom. The van der Waals surface area contributed by atoms with Crippen LogP contribution in [0.4, 0.5) is 5.69 Å². The maximum Gasteiger partial charge on any atom is 0.284 e. The predicted octanol–water partition coefficient (Wildman–Crippen LogP) is 2.90. The van der Waals surface area contributed by atoms with Gasteiger partial charge in [-0.2, -0.15) is 8.42 Å². The van der Waals surface area contributed by atoms with Gasteiger partial charge in [0, 0.05) is 19.2 Å². The van der Waals surface area contributed by atoms with Gasteiger partial charge in [0.15, 0.2) is 16.7 Å². The molecule has 12 heteroatoms. The van der Waals surface area contributed by atoms with Crippen LogP contribution in [0.5, 0.6) is 11.5 Å². The van der Waals surface area contributed by atoms with E-state index < -0.39 is 20.9 Å². The zero-order chi connectivity index (χ0) is 22.8. The van der Waals surface area contributed by atoms with Gasteiger partial charge in [-0.25, -0.2) is 0 Å². The minimum Gasteiger partial charge on any atom is -0.493 e. The van der Waals surface area contributed by atoms with Crippen LogP contribution in [0.3, 0.4) is 0 Å². The van der Waals surface area contributed by atoms with Crippen LogP contribution in [0.1, 0.15) is 5.56 Å². The molecule has 1 fully saturated rings. The average Bonchev–Trinajstić information content (AvgIpc) is 3.00. The molecule has 1 saturated heterocycles. The molecule has 0 aromatic heterocycles. The van der Waals surface area contributed by atoms with Crippen LogP contribution in [0, 0.1) is 10.1 Å². The van der Waals surface area contributed by atoms with Gasteiger partial charge in [-0.1, -0.05) is 6.07 Å². The van der Waals surface area contributed by atoms with Gasteiger partial charge in [-0.3, -0.25) is 19.8 Å². The van der Waals surface area contributed by atoms with Gasteiger partial charge in [0.05, 0.1) is 28.9 Å². The lowest BCUT2D eigenvalue weighted by Crippen LogP contribution is -2.24. The third kappa shape index (κ3) is 4.70. The number of carbonyl (C=O) groups excluding carboxylic acids is 1. The molecule has 2 aromatic rings. The summed E-state index contributed by atoms with van der Waals surface area (Å²) in [6, 6.07) is 9.44. The van der Waals surface area contributed by atoms with E-state index in [2.05, 4.69) is 4.40 Å². The first-order chi connectivity index (χ1) is 14.7. The van der Waals surface area contributed by atoms with E-state index in [1.54, 1.807) is 24.3 Å².